The van der Waals surface area contributed by atoms with Gasteiger partial charge in [0.05, 0.1) is 11.7 Å². The summed E-state index contributed by atoms with van der Waals surface area (Å²) in [5.41, 5.74) is 7.23. The third kappa shape index (κ3) is 2.83. The van der Waals surface area contributed by atoms with Crippen molar-refractivity contribution >= 4 is 5.82 Å². The van der Waals surface area contributed by atoms with Crippen LogP contribution < -0.4 is 10.5 Å². The maximum absolute atomic E-state index is 12.4. The largest absolute Gasteiger partial charge is 0.434 e. The van der Waals surface area contributed by atoms with Gasteiger partial charge in [0.25, 0.3) is 0 Å². The fourth-order valence-electron chi connectivity index (χ4n) is 2.01. The molecule has 1 aromatic carbocycles. The molecule has 0 aliphatic carbocycles. The summed E-state index contributed by atoms with van der Waals surface area (Å²) in [7, 11) is 0. The van der Waals surface area contributed by atoms with Gasteiger partial charge in [-0.2, -0.15) is 13.9 Å². The Bertz CT molecular complexity index is 569. The monoisotopic (exact) mass is 267 g/mol. The van der Waals surface area contributed by atoms with E-state index in [-0.39, 0.29) is 11.8 Å². The van der Waals surface area contributed by atoms with Crippen molar-refractivity contribution in [2.75, 3.05) is 5.73 Å². The lowest BCUT2D eigenvalue weighted by molar-refractivity contribution is -0.0506. The number of rotatable bonds is 4. The van der Waals surface area contributed by atoms with Crippen molar-refractivity contribution in [3.63, 3.8) is 0 Å². The molecule has 0 fully saturated rings. The Hall–Kier alpha value is -2.11. The van der Waals surface area contributed by atoms with Crippen LogP contribution >= 0.6 is 0 Å². The molecule has 2 N–H and O–H groups in total. The lowest BCUT2D eigenvalue weighted by atomic mass is 10.1. The van der Waals surface area contributed by atoms with Gasteiger partial charge in [-0.3, -0.25) is 0 Å². The highest BCUT2D eigenvalue weighted by Crippen LogP contribution is 2.30. The number of nitrogens with two attached hydrogens (primary N) is 1. The first-order valence-electron chi connectivity index (χ1n) is 5.84. The van der Waals surface area contributed by atoms with Crippen LogP contribution in [0.1, 0.15) is 24.2 Å². The van der Waals surface area contributed by atoms with E-state index < -0.39 is 6.61 Å². The Labute approximate surface area is 109 Å². The minimum absolute atomic E-state index is 0.137. The fourth-order valence-corrected chi connectivity index (χ4v) is 2.01. The molecule has 0 spiro atoms. The van der Waals surface area contributed by atoms with Crippen LogP contribution in [0.3, 0.4) is 0 Å². The highest BCUT2D eigenvalue weighted by atomic mass is 19.3. The van der Waals surface area contributed by atoms with Crippen molar-refractivity contribution in [1.29, 1.82) is 0 Å². The number of anilines is 1. The second-order valence-corrected chi connectivity index (χ2v) is 4.25. The topological polar surface area (TPSA) is 53.1 Å². The molecule has 0 aliphatic rings. The maximum Gasteiger partial charge on any atom is 0.387 e. The minimum atomic E-state index is -2.86. The zero-order valence-corrected chi connectivity index (χ0v) is 10.7. The van der Waals surface area contributed by atoms with Crippen LogP contribution in [-0.2, 0) is 0 Å². The molecule has 0 amide bonds. The third-order valence-electron chi connectivity index (χ3n) is 2.84. The zero-order valence-electron chi connectivity index (χ0n) is 10.7. The molecule has 6 heteroatoms. The summed E-state index contributed by atoms with van der Waals surface area (Å²) in [6.07, 6.45) is 0. The maximum atomic E-state index is 12.4. The zero-order chi connectivity index (χ0) is 14.0. The Morgan fingerprint density at radius 1 is 1.32 bits per heavy atom. The van der Waals surface area contributed by atoms with Gasteiger partial charge < -0.3 is 10.5 Å². The Kier molecular flexibility index (Phi) is 3.69. The minimum Gasteiger partial charge on any atom is -0.434 e. The van der Waals surface area contributed by atoms with Crippen molar-refractivity contribution in [1.82, 2.24) is 9.78 Å². The Morgan fingerprint density at radius 2 is 2.00 bits per heavy atom. The summed E-state index contributed by atoms with van der Waals surface area (Å²) in [6, 6.07) is 8.07. The molecule has 1 atom stereocenters. The van der Waals surface area contributed by atoms with Crippen molar-refractivity contribution in [2.45, 2.75) is 26.5 Å². The smallest absolute Gasteiger partial charge is 0.387 e. The van der Waals surface area contributed by atoms with Crippen LogP contribution in [0.4, 0.5) is 14.6 Å². The summed E-state index contributed by atoms with van der Waals surface area (Å²) in [6.45, 7) is 0.794. The molecular formula is C13H15F2N3O. The van der Waals surface area contributed by atoms with Crippen molar-refractivity contribution in [3.8, 4) is 5.75 Å². The predicted molar refractivity (Wildman–Crippen MR) is 68.3 cm³/mol. The number of nitrogens with zero attached hydrogens (tertiary/aromatic N) is 2. The van der Waals surface area contributed by atoms with E-state index in [1.54, 1.807) is 28.9 Å². The standard InChI is InChI=1S/C13H15F2N3O/c1-8-7-12(16)18(17-8)9(2)10-5-3-4-6-11(10)19-13(14)15/h3-7,9,13H,16H2,1-2H3. The van der Waals surface area contributed by atoms with E-state index in [4.69, 9.17) is 5.73 Å². The van der Waals surface area contributed by atoms with Crippen LogP contribution in [0, 0.1) is 6.92 Å². The van der Waals surface area contributed by atoms with E-state index in [2.05, 4.69) is 9.84 Å². The molecule has 0 aliphatic heterocycles. The van der Waals surface area contributed by atoms with E-state index in [1.807, 2.05) is 13.8 Å². The van der Waals surface area contributed by atoms with Gasteiger partial charge in [-0.25, -0.2) is 4.68 Å². The molecule has 2 aromatic rings. The molecule has 0 saturated heterocycles. The molecular weight excluding hydrogens is 252 g/mol. The molecule has 2 rings (SSSR count). The fraction of sp³-hybridized carbons (Fsp3) is 0.308. The first kappa shape index (κ1) is 13.3. The second-order valence-electron chi connectivity index (χ2n) is 4.25. The number of aromatic nitrogens is 2. The first-order valence-corrected chi connectivity index (χ1v) is 5.84. The Balaban J connectivity index is 2.38. The summed E-state index contributed by atoms with van der Waals surface area (Å²) < 4.78 is 30.9. The lowest BCUT2D eigenvalue weighted by Gasteiger charge is -2.18. The first-order chi connectivity index (χ1) is 8.99. The lowest BCUT2D eigenvalue weighted by Crippen LogP contribution is -2.14. The highest BCUT2D eigenvalue weighted by molar-refractivity contribution is 5.39. The van der Waals surface area contributed by atoms with Crippen molar-refractivity contribution < 1.29 is 13.5 Å². The van der Waals surface area contributed by atoms with Gasteiger partial charge in [0, 0.05) is 11.6 Å². The highest BCUT2D eigenvalue weighted by Gasteiger charge is 2.18. The van der Waals surface area contributed by atoms with Gasteiger partial charge in [-0.05, 0) is 19.9 Å². The third-order valence-corrected chi connectivity index (χ3v) is 2.84. The number of nitrogen functional groups attached to an aromatic ring is 1. The number of ether oxygens (including phenoxy) is 1. The van der Waals surface area contributed by atoms with Gasteiger partial charge >= 0.3 is 6.61 Å². The SMILES string of the molecule is Cc1cc(N)n(C(C)c2ccccc2OC(F)F)n1. The summed E-state index contributed by atoms with van der Waals surface area (Å²) in [5.74, 6) is 0.620. The number of halogens is 2. The van der Waals surface area contributed by atoms with Crippen molar-refractivity contribution in [2.24, 2.45) is 0 Å². The summed E-state index contributed by atoms with van der Waals surface area (Å²) >= 11 is 0. The average molecular weight is 267 g/mol. The molecule has 1 heterocycles. The second kappa shape index (κ2) is 5.26. The summed E-state index contributed by atoms with van der Waals surface area (Å²) in [5, 5.41) is 4.26. The van der Waals surface area contributed by atoms with Gasteiger partial charge in [0.2, 0.25) is 0 Å². The molecule has 102 valence electrons. The number of hydrogen-bond acceptors (Lipinski definition) is 3. The molecule has 4 nitrogen and oxygen atoms in total. The number of benzene rings is 1. The molecule has 1 aromatic heterocycles. The normalized spacial score (nSPS) is 12.7. The van der Waals surface area contributed by atoms with Gasteiger partial charge in [-0.1, -0.05) is 18.2 Å². The van der Waals surface area contributed by atoms with Crippen LogP contribution in [0.25, 0.3) is 0 Å². The molecule has 0 radical (unpaired) electrons. The number of alkyl halides is 2. The predicted octanol–water partition coefficient (Wildman–Crippen LogP) is 2.98. The van der Waals surface area contributed by atoms with Crippen LogP contribution in [0.5, 0.6) is 5.75 Å². The molecule has 0 bridgehead atoms. The van der Waals surface area contributed by atoms with Gasteiger partial charge in [0.1, 0.15) is 11.6 Å². The van der Waals surface area contributed by atoms with Crippen LogP contribution in [0.15, 0.2) is 30.3 Å². The van der Waals surface area contributed by atoms with Gasteiger partial charge in [-0.15, -0.1) is 0 Å². The van der Waals surface area contributed by atoms with Crippen LogP contribution in [-0.4, -0.2) is 16.4 Å². The number of aryl methyl sites for hydroxylation is 1. The summed E-state index contributed by atoms with van der Waals surface area (Å²) in [4.78, 5) is 0. The number of hydrogen-bond donors (Lipinski definition) is 1. The van der Waals surface area contributed by atoms with Crippen LogP contribution in [0.2, 0.25) is 0 Å². The van der Waals surface area contributed by atoms with E-state index in [9.17, 15) is 8.78 Å². The molecule has 0 saturated carbocycles. The number of para-hydroxylation sites is 1. The van der Waals surface area contributed by atoms with Crippen molar-refractivity contribution in [3.05, 3.63) is 41.6 Å². The van der Waals surface area contributed by atoms with E-state index in [1.165, 1.54) is 6.07 Å². The van der Waals surface area contributed by atoms with E-state index in [0.717, 1.165) is 5.69 Å². The Morgan fingerprint density at radius 3 is 2.58 bits per heavy atom. The van der Waals surface area contributed by atoms with E-state index in [0.29, 0.717) is 11.4 Å². The van der Waals surface area contributed by atoms with E-state index >= 15 is 0 Å². The average Bonchev–Trinajstić information content (AvgIpc) is 2.67. The molecule has 1 unspecified atom stereocenters. The quantitative estimate of drug-likeness (QED) is 0.926. The molecule has 19 heavy (non-hydrogen) atoms. The van der Waals surface area contributed by atoms with Gasteiger partial charge in [0.15, 0.2) is 0 Å².